The molecule has 0 atom stereocenters. The molecule has 0 fully saturated rings. The zero-order chi connectivity index (χ0) is 19.1. The van der Waals surface area contributed by atoms with Gasteiger partial charge in [0.25, 0.3) is 0 Å². The van der Waals surface area contributed by atoms with Crippen molar-refractivity contribution in [1.29, 1.82) is 0 Å². The van der Waals surface area contributed by atoms with Gasteiger partial charge in [0.2, 0.25) is 0 Å². The van der Waals surface area contributed by atoms with Crippen LogP contribution in [0.3, 0.4) is 0 Å². The van der Waals surface area contributed by atoms with Crippen LogP contribution in [0.5, 0.6) is 0 Å². The largest absolute Gasteiger partial charge is 0.478 e. The molecule has 0 aliphatic carbocycles. The molecular formula is C19H15F3N2O2. The molecular weight excluding hydrogens is 345 g/mol. The van der Waals surface area contributed by atoms with E-state index in [0.717, 1.165) is 17.2 Å². The maximum Gasteiger partial charge on any atom is 0.435 e. The molecule has 0 unspecified atom stereocenters. The number of aromatic carboxylic acids is 1. The maximum atomic E-state index is 13.2. The topological polar surface area (TPSA) is 55.1 Å². The molecule has 1 N–H and O–H groups in total. The van der Waals surface area contributed by atoms with Crippen LogP contribution >= 0.6 is 0 Å². The minimum absolute atomic E-state index is 0.0465. The van der Waals surface area contributed by atoms with Gasteiger partial charge in [0.1, 0.15) is 0 Å². The summed E-state index contributed by atoms with van der Waals surface area (Å²) in [5.74, 6) is -1.11. The smallest absolute Gasteiger partial charge is 0.435 e. The van der Waals surface area contributed by atoms with Crippen LogP contribution in [0.15, 0.2) is 48.5 Å². The highest BCUT2D eigenvalue weighted by molar-refractivity contribution is 5.87. The number of hydrogen-bond donors (Lipinski definition) is 1. The van der Waals surface area contributed by atoms with Gasteiger partial charge in [0, 0.05) is 5.56 Å². The lowest BCUT2D eigenvalue weighted by atomic mass is 10.0. The number of aryl methyl sites for hydroxylation is 2. The van der Waals surface area contributed by atoms with Crippen LogP contribution in [0.4, 0.5) is 13.2 Å². The first-order valence-electron chi connectivity index (χ1n) is 7.75. The van der Waals surface area contributed by atoms with Crippen molar-refractivity contribution in [2.45, 2.75) is 20.0 Å². The highest BCUT2D eigenvalue weighted by Gasteiger charge is 2.35. The quantitative estimate of drug-likeness (QED) is 0.725. The second-order valence-electron chi connectivity index (χ2n) is 5.99. The standard InChI is InChI=1S/C19H15F3N2O2/c1-11-3-4-12(2)15(9-11)16-10-17(19(20,21)22)23-24(16)14-7-5-13(6-8-14)18(25)26/h3-10H,1-2H3,(H,25,26). The molecule has 26 heavy (non-hydrogen) atoms. The molecule has 3 rings (SSSR count). The van der Waals surface area contributed by atoms with Crippen LogP contribution in [-0.2, 0) is 6.18 Å². The van der Waals surface area contributed by atoms with Crippen molar-refractivity contribution in [3.8, 4) is 16.9 Å². The van der Waals surface area contributed by atoms with E-state index in [-0.39, 0.29) is 5.56 Å². The van der Waals surface area contributed by atoms with Gasteiger partial charge in [-0.2, -0.15) is 18.3 Å². The SMILES string of the molecule is Cc1ccc(C)c(-c2cc(C(F)(F)F)nn2-c2ccc(C(=O)O)cc2)c1. The van der Waals surface area contributed by atoms with Crippen molar-refractivity contribution in [2.24, 2.45) is 0 Å². The number of carbonyl (C=O) groups is 1. The van der Waals surface area contributed by atoms with Crippen molar-refractivity contribution in [2.75, 3.05) is 0 Å². The average molecular weight is 360 g/mol. The first-order chi connectivity index (χ1) is 12.2. The van der Waals surface area contributed by atoms with Gasteiger partial charge >= 0.3 is 12.1 Å². The molecule has 1 aromatic heterocycles. The van der Waals surface area contributed by atoms with Crippen molar-refractivity contribution in [1.82, 2.24) is 9.78 Å². The molecule has 7 heteroatoms. The molecule has 3 aromatic rings. The molecule has 0 spiro atoms. The number of rotatable bonds is 3. The van der Waals surface area contributed by atoms with Gasteiger partial charge in [-0.25, -0.2) is 9.48 Å². The summed E-state index contributed by atoms with van der Waals surface area (Å²) in [5, 5.41) is 12.7. The fraction of sp³-hybridized carbons (Fsp3) is 0.158. The number of carboxylic acid groups (broad SMARTS) is 1. The molecule has 0 saturated carbocycles. The summed E-state index contributed by atoms with van der Waals surface area (Å²) in [6, 6.07) is 12.1. The Hall–Kier alpha value is -3.09. The summed E-state index contributed by atoms with van der Waals surface area (Å²) in [4.78, 5) is 11.0. The lowest BCUT2D eigenvalue weighted by Crippen LogP contribution is -2.07. The van der Waals surface area contributed by atoms with Crippen LogP contribution in [0.1, 0.15) is 27.2 Å². The average Bonchev–Trinajstić information content (AvgIpc) is 3.02. The van der Waals surface area contributed by atoms with Crippen molar-refractivity contribution >= 4 is 5.97 Å². The monoisotopic (exact) mass is 360 g/mol. The summed E-state index contributed by atoms with van der Waals surface area (Å²) in [6.45, 7) is 3.67. The zero-order valence-corrected chi connectivity index (χ0v) is 14.0. The first kappa shape index (κ1) is 17.7. The molecule has 2 aromatic carbocycles. The molecule has 134 valence electrons. The van der Waals surface area contributed by atoms with Crippen LogP contribution in [0.25, 0.3) is 16.9 Å². The van der Waals surface area contributed by atoms with Crippen LogP contribution < -0.4 is 0 Å². The third-order valence-electron chi connectivity index (χ3n) is 4.03. The lowest BCUT2D eigenvalue weighted by molar-refractivity contribution is -0.141. The Morgan fingerprint density at radius 3 is 2.27 bits per heavy atom. The predicted molar refractivity (Wildman–Crippen MR) is 90.4 cm³/mol. The van der Waals surface area contributed by atoms with Gasteiger partial charge in [-0.3, -0.25) is 0 Å². The molecule has 1 heterocycles. The fourth-order valence-electron chi connectivity index (χ4n) is 2.67. The third kappa shape index (κ3) is 3.33. The van der Waals surface area contributed by atoms with Gasteiger partial charge in [0.15, 0.2) is 5.69 Å². The van der Waals surface area contributed by atoms with E-state index in [4.69, 9.17) is 5.11 Å². The van der Waals surface area contributed by atoms with Crippen LogP contribution in [0.2, 0.25) is 0 Å². The number of benzene rings is 2. The number of hydrogen-bond acceptors (Lipinski definition) is 2. The normalized spacial score (nSPS) is 11.6. The Kier molecular flexibility index (Phi) is 4.31. The molecule has 0 radical (unpaired) electrons. The lowest BCUT2D eigenvalue weighted by Gasteiger charge is -2.11. The summed E-state index contributed by atoms with van der Waals surface area (Å²) in [6.07, 6.45) is -4.58. The zero-order valence-electron chi connectivity index (χ0n) is 14.0. The van der Waals surface area contributed by atoms with E-state index in [0.29, 0.717) is 16.9 Å². The Labute approximate surface area is 147 Å². The minimum Gasteiger partial charge on any atom is -0.478 e. The Morgan fingerprint density at radius 2 is 1.69 bits per heavy atom. The number of alkyl halides is 3. The van der Waals surface area contributed by atoms with Gasteiger partial charge in [-0.15, -0.1) is 0 Å². The first-order valence-corrected chi connectivity index (χ1v) is 7.75. The molecule has 0 amide bonds. The van der Waals surface area contributed by atoms with E-state index < -0.39 is 17.8 Å². The van der Waals surface area contributed by atoms with Gasteiger partial charge in [-0.1, -0.05) is 17.7 Å². The minimum atomic E-state index is -4.58. The predicted octanol–water partition coefficient (Wildman–Crippen LogP) is 4.87. The Bertz CT molecular complexity index is 973. The summed E-state index contributed by atoms with van der Waals surface area (Å²) in [7, 11) is 0. The van der Waals surface area contributed by atoms with Crippen LogP contribution in [0, 0.1) is 13.8 Å². The van der Waals surface area contributed by atoms with E-state index in [2.05, 4.69) is 5.10 Å². The van der Waals surface area contributed by atoms with Crippen molar-refractivity contribution in [3.63, 3.8) is 0 Å². The van der Waals surface area contributed by atoms with E-state index in [9.17, 15) is 18.0 Å². The molecule has 4 nitrogen and oxygen atoms in total. The van der Waals surface area contributed by atoms with E-state index in [1.165, 1.54) is 28.9 Å². The van der Waals surface area contributed by atoms with Gasteiger partial charge in [0.05, 0.1) is 16.9 Å². The number of halogens is 3. The highest BCUT2D eigenvalue weighted by atomic mass is 19.4. The van der Waals surface area contributed by atoms with Crippen molar-refractivity contribution < 1.29 is 23.1 Å². The third-order valence-corrected chi connectivity index (χ3v) is 4.03. The maximum absolute atomic E-state index is 13.2. The van der Waals surface area contributed by atoms with Crippen molar-refractivity contribution in [3.05, 3.63) is 70.9 Å². The summed E-state index contributed by atoms with van der Waals surface area (Å²) >= 11 is 0. The second kappa shape index (κ2) is 6.33. The van der Waals surface area contributed by atoms with E-state index >= 15 is 0 Å². The summed E-state index contributed by atoms with van der Waals surface area (Å²) in [5.41, 5.74) is 2.04. The van der Waals surface area contributed by atoms with Crippen LogP contribution in [-0.4, -0.2) is 20.9 Å². The number of aromatic nitrogens is 2. The van der Waals surface area contributed by atoms with E-state index in [1.54, 1.807) is 6.07 Å². The van der Waals surface area contributed by atoms with E-state index in [1.807, 2.05) is 26.0 Å². The molecule has 0 saturated heterocycles. The molecule has 0 bridgehead atoms. The van der Waals surface area contributed by atoms with Gasteiger partial charge in [-0.05, 0) is 55.8 Å². The second-order valence-corrected chi connectivity index (χ2v) is 5.99. The van der Waals surface area contributed by atoms with Gasteiger partial charge < -0.3 is 5.11 Å². The highest BCUT2D eigenvalue weighted by Crippen LogP contribution is 2.34. The Morgan fingerprint density at radius 1 is 1.04 bits per heavy atom. The number of carboxylic acids is 1. The number of nitrogens with zero attached hydrogens (tertiary/aromatic N) is 2. The molecule has 0 aliphatic heterocycles. The molecule has 0 aliphatic rings. The fourth-order valence-corrected chi connectivity index (χ4v) is 2.67. The Balaban J connectivity index is 2.22. The summed E-state index contributed by atoms with van der Waals surface area (Å²) < 4.78 is 40.8.